The number of hydrogen-bond acceptors (Lipinski definition) is 5. The number of nitrogens with zero attached hydrogens (tertiary/aromatic N) is 3. The molecule has 26 heavy (non-hydrogen) atoms. The van der Waals surface area contributed by atoms with Gasteiger partial charge >= 0.3 is 0 Å². The highest BCUT2D eigenvalue weighted by Gasteiger charge is 2.07. The lowest BCUT2D eigenvalue weighted by Crippen LogP contribution is -2.27. The van der Waals surface area contributed by atoms with E-state index >= 15 is 0 Å². The molecular formula is C19H17ClN4OS. The number of pyridine rings is 1. The van der Waals surface area contributed by atoms with Gasteiger partial charge in [-0.3, -0.25) is 9.78 Å². The number of aromatic nitrogens is 3. The van der Waals surface area contributed by atoms with Crippen LogP contribution >= 0.6 is 23.4 Å². The van der Waals surface area contributed by atoms with E-state index in [0.29, 0.717) is 16.7 Å². The number of rotatable bonds is 7. The van der Waals surface area contributed by atoms with Crippen LogP contribution in [-0.2, 0) is 11.2 Å². The lowest BCUT2D eigenvalue weighted by molar-refractivity contribution is -0.118. The first kappa shape index (κ1) is 18.4. The zero-order valence-electron chi connectivity index (χ0n) is 13.9. The van der Waals surface area contributed by atoms with Gasteiger partial charge in [-0.05, 0) is 42.3 Å². The van der Waals surface area contributed by atoms with Crippen LogP contribution in [0.1, 0.15) is 5.56 Å². The van der Waals surface area contributed by atoms with E-state index in [0.717, 1.165) is 23.4 Å². The van der Waals surface area contributed by atoms with Crippen LogP contribution in [0.5, 0.6) is 0 Å². The minimum atomic E-state index is -0.0456. The number of amides is 1. The Bertz CT molecular complexity index is 859. The summed E-state index contributed by atoms with van der Waals surface area (Å²) >= 11 is 7.16. The topological polar surface area (TPSA) is 67.8 Å². The molecule has 0 aliphatic heterocycles. The molecule has 3 aromatic rings. The Kier molecular flexibility index (Phi) is 6.57. The van der Waals surface area contributed by atoms with E-state index in [9.17, 15) is 4.79 Å². The molecule has 5 nitrogen and oxygen atoms in total. The van der Waals surface area contributed by atoms with Gasteiger partial charge in [-0.15, -0.1) is 0 Å². The zero-order chi connectivity index (χ0) is 18.2. The van der Waals surface area contributed by atoms with Crippen molar-refractivity contribution >= 4 is 29.3 Å². The molecule has 0 atom stereocenters. The Balaban J connectivity index is 1.46. The van der Waals surface area contributed by atoms with Crippen molar-refractivity contribution in [2.75, 3.05) is 12.3 Å². The lowest BCUT2D eigenvalue weighted by Gasteiger charge is -2.06. The van der Waals surface area contributed by atoms with Crippen LogP contribution < -0.4 is 5.32 Å². The highest BCUT2D eigenvalue weighted by molar-refractivity contribution is 7.99. The van der Waals surface area contributed by atoms with Crippen molar-refractivity contribution in [1.82, 2.24) is 20.3 Å². The Labute approximate surface area is 161 Å². The molecule has 0 aliphatic rings. The molecule has 0 fully saturated rings. The fourth-order valence-electron chi connectivity index (χ4n) is 2.25. The average molecular weight is 385 g/mol. The largest absolute Gasteiger partial charge is 0.355 e. The minimum Gasteiger partial charge on any atom is -0.355 e. The number of thioether (sulfide) groups is 1. The van der Waals surface area contributed by atoms with E-state index in [-0.39, 0.29) is 11.7 Å². The summed E-state index contributed by atoms with van der Waals surface area (Å²) < 4.78 is 0. The number of carbonyl (C=O) groups excluding carboxylic acids is 1. The molecule has 0 spiro atoms. The van der Waals surface area contributed by atoms with E-state index in [4.69, 9.17) is 11.6 Å². The zero-order valence-corrected chi connectivity index (χ0v) is 15.5. The molecule has 0 aliphatic carbocycles. The molecule has 2 aromatic heterocycles. The van der Waals surface area contributed by atoms with Gasteiger partial charge in [-0.1, -0.05) is 41.6 Å². The molecule has 2 heterocycles. The third-order valence-corrected chi connectivity index (χ3v) is 4.66. The summed E-state index contributed by atoms with van der Waals surface area (Å²) in [5, 5.41) is 4.17. The lowest BCUT2D eigenvalue weighted by atomic mass is 10.1. The van der Waals surface area contributed by atoms with E-state index in [1.807, 2.05) is 42.5 Å². The number of benzene rings is 1. The highest BCUT2D eigenvalue weighted by atomic mass is 35.5. The number of halogens is 1. The van der Waals surface area contributed by atoms with E-state index < -0.39 is 0 Å². The summed E-state index contributed by atoms with van der Waals surface area (Å²) in [4.78, 5) is 24.9. The van der Waals surface area contributed by atoms with Gasteiger partial charge in [-0.2, -0.15) is 0 Å². The third-order valence-electron chi connectivity index (χ3n) is 3.54. The van der Waals surface area contributed by atoms with Crippen LogP contribution in [-0.4, -0.2) is 33.2 Å². The number of carbonyl (C=O) groups is 1. The monoisotopic (exact) mass is 384 g/mol. The van der Waals surface area contributed by atoms with Gasteiger partial charge in [0.1, 0.15) is 0 Å². The molecule has 0 saturated heterocycles. The Morgan fingerprint density at radius 3 is 2.62 bits per heavy atom. The average Bonchev–Trinajstić information content (AvgIpc) is 2.69. The highest BCUT2D eigenvalue weighted by Crippen LogP contribution is 2.18. The van der Waals surface area contributed by atoms with Gasteiger partial charge in [0.05, 0.1) is 17.1 Å². The molecule has 0 saturated carbocycles. The van der Waals surface area contributed by atoms with Crippen molar-refractivity contribution < 1.29 is 4.79 Å². The predicted octanol–water partition coefficient (Wildman–Crippen LogP) is 3.64. The van der Waals surface area contributed by atoms with E-state index in [1.165, 1.54) is 11.8 Å². The molecule has 1 amide bonds. The second-order valence-electron chi connectivity index (χ2n) is 5.45. The molecule has 132 valence electrons. The summed E-state index contributed by atoms with van der Waals surface area (Å²) in [6.45, 7) is 0.579. The van der Waals surface area contributed by atoms with Crippen molar-refractivity contribution in [2.45, 2.75) is 11.6 Å². The van der Waals surface area contributed by atoms with Crippen LogP contribution in [0.15, 0.2) is 66.1 Å². The van der Waals surface area contributed by atoms with Gasteiger partial charge < -0.3 is 5.32 Å². The molecule has 1 aromatic carbocycles. The van der Waals surface area contributed by atoms with Crippen molar-refractivity contribution in [3.8, 4) is 11.4 Å². The fourth-order valence-corrected chi connectivity index (χ4v) is 3.03. The van der Waals surface area contributed by atoms with Crippen LogP contribution in [0.4, 0.5) is 0 Å². The summed E-state index contributed by atoms with van der Waals surface area (Å²) in [6.07, 6.45) is 4.16. The summed E-state index contributed by atoms with van der Waals surface area (Å²) in [5.41, 5.74) is 2.66. The van der Waals surface area contributed by atoms with Crippen molar-refractivity contribution in [2.24, 2.45) is 0 Å². The van der Waals surface area contributed by atoms with Gasteiger partial charge in [0.15, 0.2) is 5.16 Å². The smallest absolute Gasteiger partial charge is 0.230 e. The third kappa shape index (κ3) is 5.54. The summed E-state index contributed by atoms with van der Waals surface area (Å²) in [6, 6.07) is 15.1. The van der Waals surface area contributed by atoms with Gasteiger partial charge in [0.25, 0.3) is 0 Å². The molecule has 0 bridgehead atoms. The van der Waals surface area contributed by atoms with Crippen LogP contribution in [0, 0.1) is 0 Å². The SMILES string of the molecule is O=C(CSc1nccc(-c2ccccn2)n1)NCCc1ccc(Cl)cc1. The second-order valence-corrected chi connectivity index (χ2v) is 6.83. The quantitative estimate of drug-likeness (QED) is 0.497. The van der Waals surface area contributed by atoms with Crippen LogP contribution in [0.25, 0.3) is 11.4 Å². The second kappa shape index (κ2) is 9.31. The van der Waals surface area contributed by atoms with Gasteiger partial charge in [0.2, 0.25) is 5.91 Å². The van der Waals surface area contributed by atoms with Crippen LogP contribution in [0.3, 0.4) is 0 Å². The summed E-state index contributed by atoms with van der Waals surface area (Å²) in [5.74, 6) is 0.225. The molecule has 1 N–H and O–H groups in total. The van der Waals surface area contributed by atoms with Crippen LogP contribution in [0.2, 0.25) is 5.02 Å². The number of hydrogen-bond donors (Lipinski definition) is 1. The normalized spacial score (nSPS) is 10.5. The van der Waals surface area contributed by atoms with Gasteiger partial charge in [-0.25, -0.2) is 9.97 Å². The van der Waals surface area contributed by atoms with Crippen molar-refractivity contribution in [1.29, 1.82) is 0 Å². The molecule has 0 unspecified atom stereocenters. The van der Waals surface area contributed by atoms with E-state index in [1.54, 1.807) is 18.5 Å². The predicted molar refractivity (Wildman–Crippen MR) is 104 cm³/mol. The van der Waals surface area contributed by atoms with Crippen molar-refractivity contribution in [3.63, 3.8) is 0 Å². The summed E-state index contributed by atoms with van der Waals surface area (Å²) in [7, 11) is 0. The van der Waals surface area contributed by atoms with Crippen molar-refractivity contribution in [3.05, 3.63) is 71.5 Å². The first-order valence-electron chi connectivity index (χ1n) is 8.09. The number of nitrogens with one attached hydrogen (secondary N) is 1. The molecular weight excluding hydrogens is 368 g/mol. The van der Waals surface area contributed by atoms with E-state index in [2.05, 4.69) is 20.3 Å². The minimum absolute atomic E-state index is 0.0456. The Hall–Kier alpha value is -2.44. The maximum atomic E-state index is 12.0. The van der Waals surface area contributed by atoms with Gasteiger partial charge in [0, 0.05) is 24.0 Å². The fraction of sp³-hybridized carbons (Fsp3) is 0.158. The molecule has 7 heteroatoms. The standard InChI is InChI=1S/C19H17ClN4OS/c20-15-6-4-14(5-7-15)8-11-22-18(25)13-26-19-23-12-9-17(24-19)16-3-1-2-10-21-16/h1-7,9-10,12H,8,11,13H2,(H,22,25). The first-order chi connectivity index (χ1) is 12.7. The Morgan fingerprint density at radius 1 is 1.00 bits per heavy atom. The maximum absolute atomic E-state index is 12.0. The first-order valence-corrected chi connectivity index (χ1v) is 9.45. The maximum Gasteiger partial charge on any atom is 0.230 e. The Morgan fingerprint density at radius 2 is 1.85 bits per heavy atom. The molecule has 0 radical (unpaired) electrons. The molecule has 3 rings (SSSR count).